The average Bonchev–Trinajstić information content (AvgIpc) is 2.79. The third-order valence-electron chi connectivity index (χ3n) is 5.33. The smallest absolute Gasteiger partial charge is 0.243 e. The molecule has 7 heteroatoms. The van der Waals surface area contributed by atoms with Crippen LogP contribution in [0, 0.1) is 11.3 Å². The van der Waals surface area contributed by atoms with E-state index < -0.39 is 10.0 Å². The Bertz CT molecular complexity index is 1180. The van der Waals surface area contributed by atoms with E-state index in [0.29, 0.717) is 55.5 Å². The summed E-state index contributed by atoms with van der Waals surface area (Å²) in [5.74, 6) is 0.673. The van der Waals surface area contributed by atoms with Gasteiger partial charge in [-0.3, -0.25) is 4.90 Å². The lowest BCUT2D eigenvalue weighted by atomic mass is 10.1. The van der Waals surface area contributed by atoms with E-state index >= 15 is 0 Å². The maximum absolute atomic E-state index is 13.1. The molecule has 0 saturated carbocycles. The van der Waals surface area contributed by atoms with Crippen LogP contribution in [0.4, 0.5) is 0 Å². The molecule has 1 saturated heterocycles. The predicted molar refractivity (Wildman–Crippen MR) is 116 cm³/mol. The molecule has 0 bridgehead atoms. The van der Waals surface area contributed by atoms with Crippen LogP contribution in [0.25, 0.3) is 10.8 Å². The first kappa shape index (κ1) is 20.4. The summed E-state index contributed by atoms with van der Waals surface area (Å²) in [7, 11) is -3.50. The number of fused-ring (bicyclic) bond motifs is 1. The number of nitrogens with zero attached hydrogens (tertiary/aromatic N) is 3. The first-order valence-corrected chi connectivity index (χ1v) is 11.3. The van der Waals surface area contributed by atoms with E-state index in [4.69, 9.17) is 10.00 Å². The molecule has 1 fully saturated rings. The highest BCUT2D eigenvalue weighted by Crippen LogP contribution is 2.23. The van der Waals surface area contributed by atoms with Gasteiger partial charge in [0, 0.05) is 32.7 Å². The Kier molecular flexibility index (Phi) is 6.00. The van der Waals surface area contributed by atoms with Gasteiger partial charge in [0.05, 0.1) is 16.5 Å². The van der Waals surface area contributed by atoms with Crippen LogP contribution in [-0.2, 0) is 10.0 Å². The third kappa shape index (κ3) is 4.46. The normalized spacial score (nSPS) is 15.7. The number of sulfonamides is 1. The molecule has 30 heavy (non-hydrogen) atoms. The van der Waals surface area contributed by atoms with Gasteiger partial charge >= 0.3 is 0 Å². The molecule has 0 aromatic heterocycles. The Morgan fingerprint density at radius 2 is 1.67 bits per heavy atom. The molecule has 0 unspecified atom stereocenters. The summed E-state index contributed by atoms with van der Waals surface area (Å²) in [6.07, 6.45) is 0. The van der Waals surface area contributed by atoms with Crippen LogP contribution < -0.4 is 4.74 Å². The quantitative estimate of drug-likeness (QED) is 0.612. The van der Waals surface area contributed by atoms with E-state index in [-0.39, 0.29) is 0 Å². The van der Waals surface area contributed by atoms with Gasteiger partial charge in [-0.05, 0) is 41.1 Å². The lowest BCUT2D eigenvalue weighted by Crippen LogP contribution is -2.49. The Labute approximate surface area is 177 Å². The maximum atomic E-state index is 13.1. The second-order valence-corrected chi connectivity index (χ2v) is 9.18. The van der Waals surface area contributed by atoms with Crippen molar-refractivity contribution in [2.24, 2.45) is 0 Å². The highest BCUT2D eigenvalue weighted by atomic mass is 32.2. The van der Waals surface area contributed by atoms with Crippen LogP contribution in [0.5, 0.6) is 5.75 Å². The standard InChI is InChI=1S/C23H23N3O3S/c24-18-19-4-3-7-22(16-19)29-15-14-25-10-12-26(13-11-25)30(27,28)23-9-8-20-5-1-2-6-21(20)17-23/h1-9,16-17H,10-15H2. The molecule has 3 aromatic rings. The summed E-state index contributed by atoms with van der Waals surface area (Å²) in [6, 6.07) is 22.2. The Hall–Kier alpha value is -2.92. The Morgan fingerprint density at radius 3 is 2.43 bits per heavy atom. The zero-order chi connectivity index (χ0) is 21.0. The van der Waals surface area contributed by atoms with Crippen LogP contribution in [0.1, 0.15) is 5.56 Å². The van der Waals surface area contributed by atoms with Crippen LogP contribution in [0.3, 0.4) is 0 Å². The molecule has 4 rings (SSSR count). The Balaban J connectivity index is 1.32. The molecule has 1 heterocycles. The van der Waals surface area contributed by atoms with Gasteiger partial charge in [-0.1, -0.05) is 36.4 Å². The summed E-state index contributed by atoms with van der Waals surface area (Å²) in [6.45, 7) is 3.44. The minimum absolute atomic E-state index is 0.343. The fourth-order valence-corrected chi connectivity index (χ4v) is 5.08. The number of hydrogen-bond donors (Lipinski definition) is 0. The molecule has 0 aliphatic carbocycles. The molecule has 1 aliphatic rings. The van der Waals surface area contributed by atoms with Gasteiger partial charge in [0.15, 0.2) is 0 Å². The average molecular weight is 422 g/mol. The summed E-state index contributed by atoms with van der Waals surface area (Å²) in [5, 5.41) is 10.9. The van der Waals surface area contributed by atoms with Gasteiger partial charge in [-0.25, -0.2) is 8.42 Å². The number of rotatable bonds is 6. The summed E-state index contributed by atoms with van der Waals surface area (Å²) >= 11 is 0. The van der Waals surface area contributed by atoms with Gasteiger partial charge in [-0.2, -0.15) is 9.57 Å². The van der Waals surface area contributed by atoms with Crippen molar-refractivity contribution in [1.29, 1.82) is 5.26 Å². The largest absolute Gasteiger partial charge is 0.492 e. The van der Waals surface area contributed by atoms with E-state index in [1.807, 2.05) is 36.4 Å². The highest BCUT2D eigenvalue weighted by Gasteiger charge is 2.28. The SMILES string of the molecule is N#Cc1cccc(OCCN2CCN(S(=O)(=O)c3ccc4ccccc4c3)CC2)c1. The molecule has 0 spiro atoms. The molecular weight excluding hydrogens is 398 g/mol. The number of piperazine rings is 1. The van der Waals surface area contributed by atoms with Gasteiger partial charge in [0.1, 0.15) is 12.4 Å². The molecule has 0 amide bonds. The molecule has 0 radical (unpaired) electrons. The van der Waals surface area contributed by atoms with E-state index in [0.717, 1.165) is 10.8 Å². The van der Waals surface area contributed by atoms with E-state index in [1.54, 1.807) is 34.6 Å². The molecule has 0 N–H and O–H groups in total. The molecule has 3 aromatic carbocycles. The van der Waals surface area contributed by atoms with E-state index in [9.17, 15) is 8.42 Å². The highest BCUT2D eigenvalue weighted by molar-refractivity contribution is 7.89. The maximum Gasteiger partial charge on any atom is 0.243 e. The number of hydrogen-bond acceptors (Lipinski definition) is 5. The van der Waals surface area contributed by atoms with Crippen LogP contribution >= 0.6 is 0 Å². The van der Waals surface area contributed by atoms with Gasteiger partial charge in [-0.15, -0.1) is 0 Å². The monoisotopic (exact) mass is 421 g/mol. The molecular formula is C23H23N3O3S. The van der Waals surface area contributed by atoms with Gasteiger partial charge in [0.25, 0.3) is 0 Å². The lowest BCUT2D eigenvalue weighted by molar-refractivity contribution is 0.159. The van der Waals surface area contributed by atoms with Crippen LogP contribution in [0.15, 0.2) is 71.6 Å². The molecule has 1 aliphatic heterocycles. The van der Waals surface area contributed by atoms with Crippen LogP contribution in [0.2, 0.25) is 0 Å². The van der Waals surface area contributed by atoms with Crippen molar-refractivity contribution in [3.63, 3.8) is 0 Å². The van der Waals surface area contributed by atoms with E-state index in [1.165, 1.54) is 0 Å². The molecule has 0 atom stereocenters. The first-order chi connectivity index (χ1) is 14.6. The fourth-order valence-electron chi connectivity index (χ4n) is 3.62. The lowest BCUT2D eigenvalue weighted by Gasteiger charge is -2.33. The topological polar surface area (TPSA) is 73.6 Å². The minimum Gasteiger partial charge on any atom is -0.492 e. The van der Waals surface area contributed by atoms with Gasteiger partial charge in [0.2, 0.25) is 10.0 Å². The number of benzene rings is 3. The number of nitriles is 1. The zero-order valence-electron chi connectivity index (χ0n) is 16.6. The summed E-state index contributed by atoms with van der Waals surface area (Å²) < 4.78 is 33.4. The van der Waals surface area contributed by atoms with Crippen molar-refractivity contribution in [1.82, 2.24) is 9.21 Å². The summed E-state index contributed by atoms with van der Waals surface area (Å²) in [4.78, 5) is 2.54. The van der Waals surface area contributed by atoms with E-state index in [2.05, 4.69) is 11.0 Å². The summed E-state index contributed by atoms with van der Waals surface area (Å²) in [5.41, 5.74) is 0.569. The fraction of sp³-hybridized carbons (Fsp3) is 0.261. The molecule has 154 valence electrons. The second kappa shape index (κ2) is 8.84. The van der Waals surface area contributed by atoms with Crippen molar-refractivity contribution in [2.45, 2.75) is 4.90 Å². The second-order valence-electron chi connectivity index (χ2n) is 7.24. The van der Waals surface area contributed by atoms with Gasteiger partial charge < -0.3 is 4.74 Å². The minimum atomic E-state index is -3.50. The van der Waals surface area contributed by atoms with Crippen molar-refractivity contribution >= 4 is 20.8 Å². The van der Waals surface area contributed by atoms with Crippen LogP contribution in [-0.4, -0.2) is 57.0 Å². The Morgan fingerprint density at radius 1 is 0.900 bits per heavy atom. The third-order valence-corrected chi connectivity index (χ3v) is 7.22. The zero-order valence-corrected chi connectivity index (χ0v) is 17.4. The van der Waals surface area contributed by atoms with Crippen molar-refractivity contribution < 1.29 is 13.2 Å². The number of ether oxygens (including phenoxy) is 1. The van der Waals surface area contributed by atoms with Crippen molar-refractivity contribution in [2.75, 3.05) is 39.3 Å². The predicted octanol–water partition coefficient (Wildman–Crippen LogP) is 3.10. The molecule has 6 nitrogen and oxygen atoms in total. The van der Waals surface area contributed by atoms with Crippen molar-refractivity contribution in [3.8, 4) is 11.8 Å². The first-order valence-electron chi connectivity index (χ1n) is 9.90. The van der Waals surface area contributed by atoms with Crippen molar-refractivity contribution in [3.05, 3.63) is 72.3 Å².